The molecule has 0 aromatic carbocycles. The van der Waals surface area contributed by atoms with E-state index in [9.17, 15) is 4.79 Å². The summed E-state index contributed by atoms with van der Waals surface area (Å²) in [6, 6.07) is 3.82. The molecular formula is C11H13ClN2O. The second-order valence-electron chi connectivity index (χ2n) is 3.69. The molecule has 0 radical (unpaired) electrons. The molecular weight excluding hydrogens is 212 g/mol. The van der Waals surface area contributed by atoms with E-state index in [0.29, 0.717) is 16.8 Å². The van der Waals surface area contributed by atoms with Crippen molar-refractivity contribution in [2.24, 2.45) is 0 Å². The van der Waals surface area contributed by atoms with Gasteiger partial charge in [0.2, 0.25) is 0 Å². The van der Waals surface area contributed by atoms with E-state index >= 15 is 0 Å². The number of carbonyl (C=O) groups is 1. The second-order valence-corrected chi connectivity index (χ2v) is 4.08. The zero-order chi connectivity index (χ0) is 10.8. The van der Waals surface area contributed by atoms with Crippen LogP contribution in [0, 0.1) is 0 Å². The second kappa shape index (κ2) is 4.19. The minimum absolute atomic E-state index is 0.0594. The highest BCUT2D eigenvalue weighted by Crippen LogP contribution is 2.27. The summed E-state index contributed by atoms with van der Waals surface area (Å²) in [5.74, 6) is 0.0594. The maximum Gasteiger partial charge on any atom is 0.255 e. The van der Waals surface area contributed by atoms with Crippen LogP contribution >= 0.6 is 11.6 Å². The number of amides is 1. The molecule has 4 heteroatoms. The SMILES string of the molecule is CCN(C(=O)c1ccc(Cl)nc1)C1CC1. The normalized spacial score (nSPS) is 15.1. The summed E-state index contributed by atoms with van der Waals surface area (Å²) in [5, 5.41) is 0.418. The Morgan fingerprint density at radius 2 is 2.33 bits per heavy atom. The van der Waals surface area contributed by atoms with E-state index in [0.717, 1.165) is 19.4 Å². The molecule has 0 spiro atoms. The quantitative estimate of drug-likeness (QED) is 0.739. The van der Waals surface area contributed by atoms with Crippen molar-refractivity contribution < 1.29 is 4.79 Å². The number of nitrogens with zero attached hydrogens (tertiary/aromatic N) is 2. The Kier molecular flexibility index (Phi) is 2.91. The summed E-state index contributed by atoms with van der Waals surface area (Å²) in [5.41, 5.74) is 0.619. The number of rotatable bonds is 3. The Bertz CT molecular complexity index is 359. The maximum atomic E-state index is 12.0. The fraction of sp³-hybridized carbons (Fsp3) is 0.455. The van der Waals surface area contributed by atoms with Gasteiger partial charge in [-0.05, 0) is 31.9 Å². The molecule has 1 saturated carbocycles. The van der Waals surface area contributed by atoms with Crippen molar-refractivity contribution in [3.63, 3.8) is 0 Å². The predicted octanol–water partition coefficient (Wildman–Crippen LogP) is 2.36. The number of hydrogen-bond donors (Lipinski definition) is 0. The van der Waals surface area contributed by atoms with Crippen LogP contribution < -0.4 is 0 Å². The fourth-order valence-corrected chi connectivity index (χ4v) is 1.73. The smallest absolute Gasteiger partial charge is 0.255 e. The van der Waals surface area contributed by atoms with Crippen molar-refractivity contribution in [2.75, 3.05) is 6.54 Å². The van der Waals surface area contributed by atoms with Gasteiger partial charge in [0.1, 0.15) is 5.15 Å². The van der Waals surface area contributed by atoms with Gasteiger partial charge in [-0.15, -0.1) is 0 Å². The molecule has 0 atom stereocenters. The molecule has 15 heavy (non-hydrogen) atoms. The fourth-order valence-electron chi connectivity index (χ4n) is 1.62. The zero-order valence-corrected chi connectivity index (χ0v) is 9.37. The van der Waals surface area contributed by atoms with E-state index < -0.39 is 0 Å². The monoisotopic (exact) mass is 224 g/mol. The molecule has 80 valence electrons. The highest BCUT2D eigenvalue weighted by atomic mass is 35.5. The molecule has 0 unspecified atom stereocenters. The minimum atomic E-state index is 0.0594. The van der Waals surface area contributed by atoms with Gasteiger partial charge in [-0.25, -0.2) is 4.98 Å². The summed E-state index contributed by atoms with van der Waals surface area (Å²) in [6.45, 7) is 2.76. The van der Waals surface area contributed by atoms with Crippen LogP contribution in [0.5, 0.6) is 0 Å². The lowest BCUT2D eigenvalue weighted by Crippen LogP contribution is -2.32. The third-order valence-corrected chi connectivity index (χ3v) is 2.79. The number of aromatic nitrogens is 1. The van der Waals surface area contributed by atoms with E-state index in [2.05, 4.69) is 4.98 Å². The number of hydrogen-bond acceptors (Lipinski definition) is 2. The summed E-state index contributed by atoms with van der Waals surface area (Å²) in [4.78, 5) is 17.8. The Labute approximate surface area is 94.1 Å². The lowest BCUT2D eigenvalue weighted by atomic mass is 10.2. The van der Waals surface area contributed by atoms with Crippen molar-refractivity contribution in [1.29, 1.82) is 0 Å². The van der Waals surface area contributed by atoms with Crippen molar-refractivity contribution in [2.45, 2.75) is 25.8 Å². The highest BCUT2D eigenvalue weighted by molar-refractivity contribution is 6.29. The average molecular weight is 225 g/mol. The van der Waals surface area contributed by atoms with Gasteiger partial charge < -0.3 is 4.90 Å². The molecule has 1 aromatic heterocycles. The molecule has 3 nitrogen and oxygen atoms in total. The lowest BCUT2D eigenvalue weighted by Gasteiger charge is -2.19. The van der Waals surface area contributed by atoms with Gasteiger partial charge in [0.05, 0.1) is 5.56 Å². The van der Waals surface area contributed by atoms with Crippen molar-refractivity contribution >= 4 is 17.5 Å². The van der Waals surface area contributed by atoms with Gasteiger partial charge in [0.25, 0.3) is 5.91 Å². The van der Waals surface area contributed by atoms with Crippen molar-refractivity contribution in [3.8, 4) is 0 Å². The molecule has 1 aliphatic rings. The van der Waals surface area contributed by atoms with Crippen LogP contribution in [0.1, 0.15) is 30.1 Å². The van der Waals surface area contributed by atoms with Gasteiger partial charge in [0, 0.05) is 18.8 Å². The molecule has 1 heterocycles. The first-order valence-corrected chi connectivity index (χ1v) is 5.52. The molecule has 1 aliphatic carbocycles. The molecule has 0 N–H and O–H groups in total. The molecule has 1 fully saturated rings. The largest absolute Gasteiger partial charge is 0.336 e. The Balaban J connectivity index is 2.15. The van der Waals surface area contributed by atoms with Crippen LogP contribution in [0.25, 0.3) is 0 Å². The van der Waals surface area contributed by atoms with E-state index in [1.807, 2.05) is 11.8 Å². The lowest BCUT2D eigenvalue weighted by molar-refractivity contribution is 0.0752. The Morgan fingerprint density at radius 3 is 2.80 bits per heavy atom. The topological polar surface area (TPSA) is 33.2 Å². The van der Waals surface area contributed by atoms with E-state index in [-0.39, 0.29) is 5.91 Å². The first-order valence-electron chi connectivity index (χ1n) is 5.15. The number of pyridine rings is 1. The molecule has 1 aromatic rings. The van der Waals surface area contributed by atoms with E-state index in [1.54, 1.807) is 12.1 Å². The van der Waals surface area contributed by atoms with Gasteiger partial charge >= 0.3 is 0 Å². The predicted molar refractivity (Wildman–Crippen MR) is 59.0 cm³/mol. The summed E-state index contributed by atoms with van der Waals surface area (Å²) in [6.07, 6.45) is 3.79. The Hall–Kier alpha value is -1.09. The number of halogens is 1. The summed E-state index contributed by atoms with van der Waals surface area (Å²) >= 11 is 5.67. The summed E-state index contributed by atoms with van der Waals surface area (Å²) < 4.78 is 0. The van der Waals surface area contributed by atoms with Crippen molar-refractivity contribution in [3.05, 3.63) is 29.0 Å². The average Bonchev–Trinajstić information content (AvgIpc) is 3.04. The van der Waals surface area contributed by atoms with Gasteiger partial charge in [-0.1, -0.05) is 11.6 Å². The first kappa shape index (κ1) is 10.4. The third-order valence-electron chi connectivity index (χ3n) is 2.56. The van der Waals surface area contributed by atoms with Crippen LogP contribution in [-0.4, -0.2) is 28.4 Å². The van der Waals surface area contributed by atoms with Crippen LogP contribution in [-0.2, 0) is 0 Å². The van der Waals surface area contributed by atoms with Crippen LogP contribution in [0.15, 0.2) is 18.3 Å². The van der Waals surface area contributed by atoms with Crippen molar-refractivity contribution in [1.82, 2.24) is 9.88 Å². The third kappa shape index (κ3) is 2.29. The van der Waals surface area contributed by atoms with Crippen LogP contribution in [0.4, 0.5) is 0 Å². The van der Waals surface area contributed by atoms with E-state index in [1.165, 1.54) is 6.20 Å². The maximum absolute atomic E-state index is 12.0. The van der Waals surface area contributed by atoms with E-state index in [4.69, 9.17) is 11.6 Å². The van der Waals surface area contributed by atoms with Gasteiger partial charge in [0.15, 0.2) is 0 Å². The summed E-state index contributed by atoms with van der Waals surface area (Å²) in [7, 11) is 0. The van der Waals surface area contributed by atoms with Gasteiger partial charge in [-0.2, -0.15) is 0 Å². The first-order chi connectivity index (χ1) is 7.22. The zero-order valence-electron chi connectivity index (χ0n) is 8.61. The van der Waals surface area contributed by atoms with Crippen LogP contribution in [0.2, 0.25) is 5.15 Å². The standard InChI is InChI=1S/C11H13ClN2O/c1-2-14(9-4-5-9)11(15)8-3-6-10(12)13-7-8/h3,6-7,9H,2,4-5H2,1H3. The minimum Gasteiger partial charge on any atom is -0.336 e. The molecule has 0 bridgehead atoms. The molecule has 0 aliphatic heterocycles. The molecule has 0 saturated heterocycles. The number of carbonyl (C=O) groups excluding carboxylic acids is 1. The molecule has 1 amide bonds. The van der Waals surface area contributed by atoms with Gasteiger partial charge in [-0.3, -0.25) is 4.79 Å². The van der Waals surface area contributed by atoms with Crippen LogP contribution in [0.3, 0.4) is 0 Å². The highest BCUT2D eigenvalue weighted by Gasteiger charge is 2.31. The Morgan fingerprint density at radius 1 is 1.60 bits per heavy atom. The molecule has 2 rings (SSSR count).